The summed E-state index contributed by atoms with van der Waals surface area (Å²) in [6.45, 7) is 25.1. The fraction of sp³-hybridized carbons (Fsp3) is 0.593. The molecule has 0 N–H and O–H groups in total. The van der Waals surface area contributed by atoms with Crippen molar-refractivity contribution in [1.29, 1.82) is 0 Å². The second-order valence-corrected chi connectivity index (χ2v) is 9.30. The van der Waals surface area contributed by atoms with E-state index < -0.39 is 0 Å². The third kappa shape index (κ3) is 5.74. The topological polar surface area (TPSA) is 25.3 Å². The van der Waals surface area contributed by atoms with Gasteiger partial charge >= 0.3 is 0 Å². The molecular formula is C27H43N5. The molecule has 0 saturated carbocycles. The van der Waals surface area contributed by atoms with Crippen LogP contribution < -0.4 is 0 Å². The second-order valence-electron chi connectivity index (χ2n) is 9.30. The number of hydrogen-bond acceptors (Lipinski definition) is 4. The number of allylic oxidation sites excluding steroid dienone is 2. The first kappa shape index (κ1) is 24.4. The summed E-state index contributed by atoms with van der Waals surface area (Å²) in [7, 11) is 1.88. The SMILES string of the molecule is C=C(c1cc(CN2CCN(/C(C)=C/CC)CC2)c(C)cc1C)N1CCN(C(C)=NC)CC1. The van der Waals surface area contributed by atoms with E-state index in [2.05, 4.69) is 84.0 Å². The average molecular weight is 438 g/mol. The van der Waals surface area contributed by atoms with Gasteiger partial charge in [-0.15, -0.1) is 0 Å². The Morgan fingerprint density at radius 1 is 0.906 bits per heavy atom. The molecule has 2 heterocycles. The fourth-order valence-corrected chi connectivity index (χ4v) is 4.91. The van der Waals surface area contributed by atoms with Crippen LogP contribution in [0.15, 0.2) is 35.5 Å². The Morgan fingerprint density at radius 2 is 1.50 bits per heavy atom. The fourth-order valence-electron chi connectivity index (χ4n) is 4.91. The van der Waals surface area contributed by atoms with E-state index in [1.54, 1.807) is 0 Å². The lowest BCUT2D eigenvalue weighted by molar-refractivity contribution is 0.152. The van der Waals surface area contributed by atoms with Gasteiger partial charge in [0.05, 0.1) is 5.84 Å². The van der Waals surface area contributed by atoms with E-state index >= 15 is 0 Å². The monoisotopic (exact) mass is 437 g/mol. The number of piperazine rings is 2. The average Bonchev–Trinajstić information content (AvgIpc) is 2.80. The normalized spacial score (nSPS) is 19.0. The summed E-state index contributed by atoms with van der Waals surface area (Å²) in [5.41, 5.74) is 8.06. The standard InChI is InChI=1S/C27H43N5/c1-8-9-23(4)30-12-10-29(11-13-30)20-26-19-27(22(3)18-21(26)2)24(5)31-14-16-32(17-15-31)25(6)28-7/h9,18-19H,5,8,10-17,20H2,1-4,6-7H3/b23-9+,28-25?. The molecule has 2 aliphatic heterocycles. The zero-order valence-corrected chi connectivity index (χ0v) is 21.2. The third-order valence-electron chi connectivity index (χ3n) is 7.20. The van der Waals surface area contributed by atoms with Crippen LogP contribution in [0.2, 0.25) is 0 Å². The van der Waals surface area contributed by atoms with Gasteiger partial charge in [-0.05, 0) is 56.9 Å². The first-order valence-corrected chi connectivity index (χ1v) is 12.2. The van der Waals surface area contributed by atoms with Crippen molar-refractivity contribution in [1.82, 2.24) is 19.6 Å². The molecule has 2 fully saturated rings. The van der Waals surface area contributed by atoms with Crippen molar-refractivity contribution in [2.45, 2.75) is 47.6 Å². The number of aliphatic imine (C=N–C) groups is 1. The molecule has 5 heteroatoms. The summed E-state index contributed by atoms with van der Waals surface area (Å²) in [6.07, 6.45) is 3.45. The van der Waals surface area contributed by atoms with Crippen LogP contribution in [-0.4, -0.2) is 84.8 Å². The molecule has 0 aromatic heterocycles. The maximum atomic E-state index is 4.51. The lowest BCUT2D eigenvalue weighted by atomic mass is 9.97. The molecule has 0 unspecified atom stereocenters. The van der Waals surface area contributed by atoms with Crippen molar-refractivity contribution in [3.8, 4) is 0 Å². The highest BCUT2D eigenvalue weighted by Gasteiger charge is 2.22. The maximum absolute atomic E-state index is 4.51. The number of benzene rings is 1. The molecule has 176 valence electrons. The Morgan fingerprint density at radius 3 is 2.09 bits per heavy atom. The van der Waals surface area contributed by atoms with Crippen molar-refractivity contribution in [2.24, 2.45) is 4.99 Å². The predicted molar refractivity (Wildman–Crippen MR) is 138 cm³/mol. The van der Waals surface area contributed by atoms with Gasteiger partial charge in [-0.2, -0.15) is 0 Å². The summed E-state index contributed by atoms with van der Waals surface area (Å²) in [6, 6.07) is 4.76. The van der Waals surface area contributed by atoms with Crippen molar-refractivity contribution in [3.63, 3.8) is 0 Å². The molecule has 2 aliphatic rings. The van der Waals surface area contributed by atoms with Crippen molar-refractivity contribution >= 4 is 11.5 Å². The van der Waals surface area contributed by atoms with Gasteiger partial charge in [0.15, 0.2) is 0 Å². The zero-order chi connectivity index (χ0) is 23.3. The highest BCUT2D eigenvalue weighted by molar-refractivity contribution is 5.79. The van der Waals surface area contributed by atoms with Gasteiger partial charge in [0.25, 0.3) is 0 Å². The molecule has 1 aromatic carbocycles. The number of nitrogens with zero attached hydrogens (tertiary/aromatic N) is 5. The molecule has 5 nitrogen and oxygen atoms in total. The molecule has 0 aliphatic carbocycles. The quantitative estimate of drug-likeness (QED) is 0.487. The summed E-state index contributed by atoms with van der Waals surface area (Å²) in [4.78, 5) is 14.3. The van der Waals surface area contributed by atoms with Crippen molar-refractivity contribution in [2.75, 3.05) is 59.4 Å². The van der Waals surface area contributed by atoms with Crippen LogP contribution in [0, 0.1) is 13.8 Å². The van der Waals surface area contributed by atoms with Gasteiger partial charge in [0, 0.05) is 82.9 Å². The van der Waals surface area contributed by atoms with Crippen molar-refractivity contribution < 1.29 is 0 Å². The second kappa shape index (κ2) is 11.0. The molecule has 0 bridgehead atoms. The van der Waals surface area contributed by atoms with Crippen molar-refractivity contribution in [3.05, 3.63) is 52.7 Å². The molecular weight excluding hydrogens is 394 g/mol. The Kier molecular flexibility index (Phi) is 8.41. The predicted octanol–water partition coefficient (Wildman–Crippen LogP) is 4.37. The van der Waals surface area contributed by atoms with Crippen LogP contribution in [0.1, 0.15) is 49.4 Å². The summed E-state index contributed by atoms with van der Waals surface area (Å²) < 4.78 is 0. The molecule has 3 rings (SSSR count). The van der Waals surface area contributed by atoms with Gasteiger partial charge in [-0.1, -0.05) is 25.6 Å². The van der Waals surface area contributed by atoms with E-state index in [0.717, 1.165) is 71.2 Å². The van der Waals surface area contributed by atoms with Crippen LogP contribution in [0.4, 0.5) is 0 Å². The molecule has 32 heavy (non-hydrogen) atoms. The van der Waals surface area contributed by atoms with E-state index in [9.17, 15) is 0 Å². The minimum Gasteiger partial charge on any atom is -0.373 e. The van der Waals surface area contributed by atoms with Crippen LogP contribution in [0.25, 0.3) is 5.70 Å². The van der Waals surface area contributed by atoms with Gasteiger partial charge < -0.3 is 14.7 Å². The number of amidine groups is 1. The van der Waals surface area contributed by atoms with Crippen LogP contribution in [-0.2, 0) is 6.54 Å². The minimum absolute atomic E-state index is 1.00. The van der Waals surface area contributed by atoms with Crippen LogP contribution in [0.3, 0.4) is 0 Å². The number of aryl methyl sites for hydroxylation is 2. The Labute approximate surface area is 196 Å². The van der Waals surface area contributed by atoms with Gasteiger partial charge in [-0.25, -0.2) is 0 Å². The Hall–Kier alpha value is -2.27. The lowest BCUT2D eigenvalue weighted by Crippen LogP contribution is -2.47. The smallest absolute Gasteiger partial charge is 0.0955 e. The van der Waals surface area contributed by atoms with Gasteiger partial charge in [0.2, 0.25) is 0 Å². The summed E-state index contributed by atoms with van der Waals surface area (Å²) in [5, 5.41) is 0. The molecule has 0 spiro atoms. The minimum atomic E-state index is 1.00. The first-order chi connectivity index (χ1) is 15.3. The van der Waals surface area contributed by atoms with Gasteiger partial charge in [-0.3, -0.25) is 9.89 Å². The van der Waals surface area contributed by atoms with Crippen LogP contribution in [0.5, 0.6) is 0 Å². The molecule has 1 aromatic rings. The van der Waals surface area contributed by atoms with E-state index in [-0.39, 0.29) is 0 Å². The largest absolute Gasteiger partial charge is 0.373 e. The van der Waals surface area contributed by atoms with E-state index in [4.69, 9.17) is 0 Å². The first-order valence-electron chi connectivity index (χ1n) is 12.2. The molecule has 0 atom stereocenters. The molecule has 0 radical (unpaired) electrons. The van der Waals surface area contributed by atoms with E-state index in [1.165, 1.54) is 33.6 Å². The maximum Gasteiger partial charge on any atom is 0.0955 e. The summed E-state index contributed by atoms with van der Waals surface area (Å²) in [5.74, 6) is 1.13. The Bertz CT molecular complexity index is 853. The third-order valence-corrected chi connectivity index (χ3v) is 7.20. The number of hydrogen-bond donors (Lipinski definition) is 0. The highest BCUT2D eigenvalue weighted by Crippen LogP contribution is 2.27. The number of rotatable bonds is 6. The molecule has 0 amide bonds. The Balaban J connectivity index is 1.65. The molecule has 2 saturated heterocycles. The zero-order valence-electron chi connectivity index (χ0n) is 21.2. The van der Waals surface area contributed by atoms with Gasteiger partial charge in [0.1, 0.15) is 0 Å². The van der Waals surface area contributed by atoms with E-state index in [0.29, 0.717) is 0 Å². The van der Waals surface area contributed by atoms with Crippen LogP contribution >= 0.6 is 0 Å². The highest BCUT2D eigenvalue weighted by atomic mass is 15.3. The summed E-state index contributed by atoms with van der Waals surface area (Å²) >= 11 is 0. The lowest BCUT2D eigenvalue weighted by Gasteiger charge is -2.38. The van der Waals surface area contributed by atoms with E-state index in [1.807, 2.05) is 7.05 Å².